The zero-order chi connectivity index (χ0) is 14.7. The lowest BCUT2D eigenvalue weighted by Gasteiger charge is -2.28. The molecule has 0 aromatic carbocycles. The molecular formula is C15H25NO4. The predicted molar refractivity (Wildman–Crippen MR) is 74.1 cm³/mol. The lowest BCUT2D eigenvalue weighted by atomic mass is 9.94. The number of carboxylic acid groups (broad SMARTS) is 1. The van der Waals surface area contributed by atoms with E-state index >= 15 is 0 Å². The Morgan fingerprint density at radius 2 is 1.95 bits per heavy atom. The normalized spacial score (nSPS) is 33.6. The Labute approximate surface area is 120 Å². The highest BCUT2D eigenvalue weighted by molar-refractivity contribution is 5.85. The largest absolute Gasteiger partial charge is 0.481 e. The summed E-state index contributed by atoms with van der Waals surface area (Å²) in [5, 5.41) is 18.2. The van der Waals surface area contributed by atoms with Crippen LogP contribution in [0.2, 0.25) is 0 Å². The molecule has 1 aliphatic carbocycles. The lowest BCUT2D eigenvalue weighted by molar-refractivity contribution is -0.149. The molecule has 0 spiro atoms. The van der Waals surface area contributed by atoms with Crippen LogP contribution < -0.4 is 0 Å². The first-order valence-corrected chi connectivity index (χ1v) is 7.68. The number of nitrogens with zero attached hydrogens (tertiary/aromatic N) is 1. The van der Waals surface area contributed by atoms with Gasteiger partial charge in [-0.2, -0.15) is 0 Å². The molecule has 5 nitrogen and oxygen atoms in total. The summed E-state index contributed by atoms with van der Waals surface area (Å²) in [6.45, 7) is 2.92. The van der Waals surface area contributed by atoms with Gasteiger partial charge in [0, 0.05) is 19.2 Å². The summed E-state index contributed by atoms with van der Waals surface area (Å²) in [5.74, 6) is -1.36. The molecule has 2 unspecified atom stereocenters. The SMILES string of the molecule is CC1C[C@H](C(=O)N2CCCC2CCCO)[C@H](C(=O)O)C1. The molecule has 1 saturated carbocycles. The van der Waals surface area contributed by atoms with E-state index in [9.17, 15) is 14.7 Å². The summed E-state index contributed by atoms with van der Waals surface area (Å²) in [6, 6.07) is 0.194. The molecule has 0 aromatic rings. The topological polar surface area (TPSA) is 77.8 Å². The quantitative estimate of drug-likeness (QED) is 0.801. The number of aliphatic carboxylic acids is 1. The van der Waals surface area contributed by atoms with E-state index in [0.717, 1.165) is 25.8 Å². The van der Waals surface area contributed by atoms with Gasteiger partial charge >= 0.3 is 5.97 Å². The lowest BCUT2D eigenvalue weighted by Crippen LogP contribution is -2.42. The fraction of sp³-hybridized carbons (Fsp3) is 0.867. The summed E-state index contributed by atoms with van der Waals surface area (Å²) in [6.07, 6.45) is 4.80. The molecule has 2 aliphatic rings. The molecule has 1 saturated heterocycles. The minimum absolute atomic E-state index is 0.0298. The molecular weight excluding hydrogens is 258 g/mol. The van der Waals surface area contributed by atoms with Crippen molar-refractivity contribution in [3.63, 3.8) is 0 Å². The Balaban J connectivity index is 2.03. The van der Waals surface area contributed by atoms with E-state index in [-0.39, 0.29) is 24.5 Å². The van der Waals surface area contributed by atoms with Crippen LogP contribution in [0.4, 0.5) is 0 Å². The minimum Gasteiger partial charge on any atom is -0.481 e. The third kappa shape index (κ3) is 3.14. The van der Waals surface area contributed by atoms with Gasteiger partial charge in [-0.15, -0.1) is 0 Å². The fourth-order valence-corrected chi connectivity index (χ4v) is 3.80. The van der Waals surface area contributed by atoms with E-state index in [4.69, 9.17) is 5.11 Å². The van der Waals surface area contributed by atoms with Gasteiger partial charge in [0.2, 0.25) is 5.91 Å². The maximum absolute atomic E-state index is 12.7. The van der Waals surface area contributed by atoms with Gasteiger partial charge < -0.3 is 15.1 Å². The number of aliphatic hydroxyl groups is 1. The predicted octanol–water partition coefficient (Wildman–Crippen LogP) is 1.50. The number of likely N-dealkylation sites (tertiary alicyclic amines) is 1. The summed E-state index contributed by atoms with van der Waals surface area (Å²) in [5.41, 5.74) is 0. The van der Waals surface area contributed by atoms with Gasteiger partial charge in [-0.05, 0) is 44.4 Å². The van der Waals surface area contributed by atoms with Crippen molar-refractivity contribution in [2.75, 3.05) is 13.2 Å². The second-order valence-corrected chi connectivity index (χ2v) is 6.32. The zero-order valence-corrected chi connectivity index (χ0v) is 12.1. The van der Waals surface area contributed by atoms with Crippen LogP contribution in [0.15, 0.2) is 0 Å². The van der Waals surface area contributed by atoms with E-state index in [0.29, 0.717) is 25.2 Å². The highest BCUT2D eigenvalue weighted by Crippen LogP contribution is 2.39. The standard InChI is InChI=1S/C15H25NO4/c1-10-8-12(13(9-10)15(19)20)14(18)16-6-2-4-11(16)5-3-7-17/h10-13,17H,2-9H2,1H3,(H,19,20)/t10?,11?,12-,13+/m0/s1. The highest BCUT2D eigenvalue weighted by atomic mass is 16.4. The molecule has 1 aliphatic heterocycles. The second kappa shape index (κ2) is 6.57. The molecule has 2 N–H and O–H groups in total. The van der Waals surface area contributed by atoms with Crippen molar-refractivity contribution in [3.8, 4) is 0 Å². The number of rotatable bonds is 5. The van der Waals surface area contributed by atoms with E-state index in [2.05, 4.69) is 0 Å². The summed E-state index contributed by atoms with van der Waals surface area (Å²) in [4.78, 5) is 25.9. The molecule has 0 radical (unpaired) electrons. The number of aliphatic hydroxyl groups excluding tert-OH is 1. The fourth-order valence-electron chi connectivity index (χ4n) is 3.80. The summed E-state index contributed by atoms with van der Waals surface area (Å²) in [7, 11) is 0. The number of carbonyl (C=O) groups excluding carboxylic acids is 1. The van der Waals surface area contributed by atoms with Crippen molar-refractivity contribution >= 4 is 11.9 Å². The van der Waals surface area contributed by atoms with Crippen LogP contribution in [0.5, 0.6) is 0 Å². The molecule has 20 heavy (non-hydrogen) atoms. The van der Waals surface area contributed by atoms with Gasteiger partial charge in [0.1, 0.15) is 0 Å². The van der Waals surface area contributed by atoms with Gasteiger partial charge in [-0.25, -0.2) is 0 Å². The number of hydrogen-bond acceptors (Lipinski definition) is 3. The van der Waals surface area contributed by atoms with Gasteiger partial charge in [-0.1, -0.05) is 6.92 Å². The molecule has 2 fully saturated rings. The highest BCUT2D eigenvalue weighted by Gasteiger charge is 2.44. The van der Waals surface area contributed by atoms with Gasteiger partial charge in [-0.3, -0.25) is 9.59 Å². The van der Waals surface area contributed by atoms with Crippen molar-refractivity contribution in [2.45, 2.75) is 51.5 Å². The Bertz CT molecular complexity index is 371. The first-order valence-electron chi connectivity index (χ1n) is 7.68. The molecule has 0 aromatic heterocycles. The van der Waals surface area contributed by atoms with Crippen molar-refractivity contribution in [2.24, 2.45) is 17.8 Å². The van der Waals surface area contributed by atoms with Crippen LogP contribution in [0, 0.1) is 17.8 Å². The maximum Gasteiger partial charge on any atom is 0.307 e. The van der Waals surface area contributed by atoms with Crippen LogP contribution in [-0.2, 0) is 9.59 Å². The van der Waals surface area contributed by atoms with E-state index in [1.54, 1.807) is 0 Å². The monoisotopic (exact) mass is 283 g/mol. The third-order valence-electron chi connectivity index (χ3n) is 4.79. The van der Waals surface area contributed by atoms with Crippen molar-refractivity contribution < 1.29 is 19.8 Å². The van der Waals surface area contributed by atoms with E-state index < -0.39 is 11.9 Å². The van der Waals surface area contributed by atoms with Crippen molar-refractivity contribution in [1.29, 1.82) is 0 Å². The van der Waals surface area contributed by atoms with Gasteiger partial charge in [0.15, 0.2) is 0 Å². The second-order valence-electron chi connectivity index (χ2n) is 6.32. The minimum atomic E-state index is -0.834. The van der Waals surface area contributed by atoms with Crippen molar-refractivity contribution in [3.05, 3.63) is 0 Å². The smallest absolute Gasteiger partial charge is 0.307 e. The average Bonchev–Trinajstić information content (AvgIpc) is 3.01. The number of carbonyl (C=O) groups is 2. The molecule has 1 amide bonds. The van der Waals surface area contributed by atoms with Crippen LogP contribution in [-0.4, -0.2) is 46.2 Å². The van der Waals surface area contributed by atoms with Crippen molar-refractivity contribution in [1.82, 2.24) is 4.90 Å². The maximum atomic E-state index is 12.7. The van der Waals surface area contributed by atoms with Crippen LogP contribution in [0.25, 0.3) is 0 Å². The average molecular weight is 283 g/mol. The van der Waals surface area contributed by atoms with Gasteiger partial charge in [0.05, 0.1) is 11.8 Å². The number of amides is 1. The Kier molecular flexibility index (Phi) is 5.02. The van der Waals surface area contributed by atoms with Crippen LogP contribution in [0.3, 0.4) is 0 Å². The molecule has 114 valence electrons. The molecule has 4 atom stereocenters. The summed E-state index contributed by atoms with van der Waals surface area (Å²) < 4.78 is 0. The molecule has 5 heteroatoms. The molecule has 0 bridgehead atoms. The van der Waals surface area contributed by atoms with Gasteiger partial charge in [0.25, 0.3) is 0 Å². The first kappa shape index (κ1) is 15.3. The third-order valence-corrected chi connectivity index (χ3v) is 4.79. The zero-order valence-electron chi connectivity index (χ0n) is 12.1. The number of hydrogen-bond donors (Lipinski definition) is 2. The van der Waals surface area contributed by atoms with Crippen LogP contribution >= 0.6 is 0 Å². The summed E-state index contributed by atoms with van der Waals surface area (Å²) >= 11 is 0. The molecule has 1 heterocycles. The first-order chi connectivity index (χ1) is 9.54. The molecule has 2 rings (SSSR count). The van der Waals surface area contributed by atoms with E-state index in [1.165, 1.54) is 0 Å². The Hall–Kier alpha value is -1.10. The number of carboxylic acids is 1. The van der Waals surface area contributed by atoms with Crippen LogP contribution in [0.1, 0.15) is 45.4 Å². The van der Waals surface area contributed by atoms with E-state index in [1.807, 2.05) is 11.8 Å². The Morgan fingerprint density at radius 1 is 1.25 bits per heavy atom. The Morgan fingerprint density at radius 3 is 2.60 bits per heavy atom.